The molecule has 0 bridgehead atoms. The van der Waals surface area contributed by atoms with Gasteiger partial charge in [-0.05, 0) is 38.8 Å². The van der Waals surface area contributed by atoms with Gasteiger partial charge in [0.25, 0.3) is 0 Å². The Kier molecular flexibility index (Phi) is 10.8. The first-order valence-corrected chi connectivity index (χ1v) is 17.9. The van der Waals surface area contributed by atoms with E-state index in [0.29, 0.717) is 12.1 Å². The van der Waals surface area contributed by atoms with Gasteiger partial charge in [0.1, 0.15) is 0 Å². The fourth-order valence-electron chi connectivity index (χ4n) is 6.18. The molecule has 6 heteroatoms. The van der Waals surface area contributed by atoms with Crippen LogP contribution >= 0.6 is 16.3 Å². The van der Waals surface area contributed by atoms with Crippen LogP contribution in [0.25, 0.3) is 0 Å². The third-order valence-electron chi connectivity index (χ3n) is 8.43. The molecule has 0 aromatic heterocycles. The Labute approximate surface area is 254 Å². The minimum atomic E-state index is -0.813. The summed E-state index contributed by atoms with van der Waals surface area (Å²) >= 11 is 0. The molecule has 6 rings (SSSR count). The van der Waals surface area contributed by atoms with Crippen LogP contribution in [-0.2, 0) is 9.05 Å². The van der Waals surface area contributed by atoms with Crippen molar-refractivity contribution in [3.63, 3.8) is 0 Å². The summed E-state index contributed by atoms with van der Waals surface area (Å²) in [4.78, 5) is 5.36. The molecule has 42 heavy (non-hydrogen) atoms. The van der Waals surface area contributed by atoms with E-state index in [0.717, 1.165) is 26.3 Å². The maximum atomic E-state index is 6.76. The lowest BCUT2D eigenvalue weighted by Crippen LogP contribution is -2.42. The first-order valence-electron chi connectivity index (χ1n) is 15.4. The van der Waals surface area contributed by atoms with E-state index in [1.54, 1.807) is 0 Å². The van der Waals surface area contributed by atoms with Gasteiger partial charge in [-0.3, -0.25) is 9.80 Å². The number of hydrogen-bond donors (Lipinski definition) is 0. The average molecular weight is 597 g/mol. The molecule has 2 saturated heterocycles. The molecule has 0 aliphatic carbocycles. The maximum Gasteiger partial charge on any atom is 0.0918 e. The molecule has 0 saturated carbocycles. The molecular formula is C36H42N2O2P2. The minimum Gasteiger partial charge on any atom is -0.348 e. The molecule has 4 aromatic carbocycles. The molecular weight excluding hydrogens is 554 g/mol. The van der Waals surface area contributed by atoms with E-state index in [1.165, 1.54) is 60.0 Å². The number of likely N-dealkylation sites (tertiary alicyclic amines) is 2. The lowest BCUT2D eigenvalue weighted by molar-refractivity contribution is 0.136. The zero-order valence-corrected chi connectivity index (χ0v) is 26.2. The van der Waals surface area contributed by atoms with Crippen molar-refractivity contribution in [3.05, 3.63) is 121 Å². The topological polar surface area (TPSA) is 24.9 Å². The van der Waals surface area contributed by atoms with E-state index in [1.807, 2.05) is 0 Å². The normalized spacial score (nSPS) is 19.7. The van der Waals surface area contributed by atoms with Crippen molar-refractivity contribution in [3.8, 4) is 0 Å². The van der Waals surface area contributed by atoms with Crippen molar-refractivity contribution in [2.45, 2.75) is 37.8 Å². The molecule has 0 unspecified atom stereocenters. The van der Waals surface area contributed by atoms with Crippen LogP contribution in [0, 0.1) is 0 Å². The van der Waals surface area contributed by atoms with Crippen molar-refractivity contribution < 1.29 is 9.05 Å². The lowest BCUT2D eigenvalue weighted by Gasteiger charge is -2.31. The van der Waals surface area contributed by atoms with E-state index in [-0.39, 0.29) is 0 Å². The monoisotopic (exact) mass is 596 g/mol. The zero-order valence-electron chi connectivity index (χ0n) is 24.4. The summed E-state index contributed by atoms with van der Waals surface area (Å²) in [5.41, 5.74) is 0. The van der Waals surface area contributed by atoms with Gasteiger partial charge < -0.3 is 9.05 Å². The van der Waals surface area contributed by atoms with Gasteiger partial charge in [0.2, 0.25) is 0 Å². The zero-order chi connectivity index (χ0) is 28.4. The Morgan fingerprint density at radius 3 is 1.10 bits per heavy atom. The Morgan fingerprint density at radius 2 is 0.786 bits per heavy atom. The van der Waals surface area contributed by atoms with Crippen LogP contribution in [-0.4, -0.2) is 61.3 Å². The fourth-order valence-corrected chi connectivity index (χ4v) is 9.79. The summed E-state index contributed by atoms with van der Waals surface area (Å²) in [6.07, 6.45) is 4.96. The summed E-state index contributed by atoms with van der Waals surface area (Å²) in [7, 11) is -1.63. The molecule has 0 spiro atoms. The maximum absolute atomic E-state index is 6.76. The van der Waals surface area contributed by atoms with Crippen LogP contribution in [0.3, 0.4) is 0 Å². The standard InChI is InChI=1S/C36H42N2O2P2/c1-5-17-33(18-6-1)41(34-19-7-2-8-20-34)39-29-31-15-13-25-37(31)27-28-38-26-14-16-32(38)30-40-42(35-21-9-3-10-22-35)36-23-11-4-12-24-36/h1-12,17-24,31-32H,13-16,25-30H2/t31-,32-/m0/s1. The van der Waals surface area contributed by atoms with Gasteiger partial charge in [-0.1, -0.05) is 121 Å². The average Bonchev–Trinajstić information content (AvgIpc) is 3.71. The molecule has 2 fully saturated rings. The van der Waals surface area contributed by atoms with Crippen LogP contribution in [0.1, 0.15) is 25.7 Å². The molecule has 2 aliphatic heterocycles. The van der Waals surface area contributed by atoms with Crippen LogP contribution < -0.4 is 21.2 Å². The summed E-state index contributed by atoms with van der Waals surface area (Å²) in [6, 6.07) is 44.0. The molecule has 218 valence electrons. The quantitative estimate of drug-likeness (QED) is 0.176. The van der Waals surface area contributed by atoms with Gasteiger partial charge in [-0.25, -0.2) is 0 Å². The highest BCUT2D eigenvalue weighted by atomic mass is 31.1. The fraction of sp³-hybridized carbons (Fsp3) is 0.333. The van der Waals surface area contributed by atoms with Gasteiger partial charge in [-0.2, -0.15) is 0 Å². The first kappa shape index (κ1) is 29.6. The van der Waals surface area contributed by atoms with Crippen LogP contribution in [0.15, 0.2) is 121 Å². The van der Waals surface area contributed by atoms with Crippen molar-refractivity contribution in [1.29, 1.82) is 0 Å². The highest BCUT2D eigenvalue weighted by Crippen LogP contribution is 2.37. The van der Waals surface area contributed by atoms with Gasteiger partial charge in [-0.15, -0.1) is 0 Å². The highest BCUT2D eigenvalue weighted by molar-refractivity contribution is 7.68. The summed E-state index contributed by atoms with van der Waals surface area (Å²) in [6.45, 7) is 6.13. The van der Waals surface area contributed by atoms with Gasteiger partial charge in [0, 0.05) is 46.4 Å². The highest BCUT2D eigenvalue weighted by Gasteiger charge is 2.30. The predicted molar refractivity (Wildman–Crippen MR) is 179 cm³/mol. The Bertz CT molecular complexity index is 1150. The lowest BCUT2D eigenvalue weighted by atomic mass is 10.2. The second-order valence-corrected chi connectivity index (χ2v) is 14.9. The molecule has 0 radical (unpaired) electrons. The van der Waals surface area contributed by atoms with Gasteiger partial charge >= 0.3 is 0 Å². The van der Waals surface area contributed by atoms with E-state index >= 15 is 0 Å². The summed E-state index contributed by atoms with van der Waals surface area (Å²) in [5.74, 6) is 0. The molecule has 0 N–H and O–H groups in total. The minimum absolute atomic E-state index is 0.490. The van der Waals surface area contributed by atoms with Crippen molar-refractivity contribution in [1.82, 2.24) is 9.80 Å². The Morgan fingerprint density at radius 1 is 0.476 bits per heavy atom. The molecule has 4 aromatic rings. The summed E-state index contributed by atoms with van der Waals surface area (Å²) < 4.78 is 13.5. The molecule has 2 heterocycles. The van der Waals surface area contributed by atoms with Crippen molar-refractivity contribution in [2.75, 3.05) is 39.4 Å². The van der Waals surface area contributed by atoms with E-state index in [2.05, 4.69) is 131 Å². The third kappa shape index (κ3) is 7.74. The summed E-state index contributed by atoms with van der Waals surface area (Å²) in [5, 5.41) is 5.14. The van der Waals surface area contributed by atoms with Crippen LogP contribution in [0.4, 0.5) is 0 Å². The van der Waals surface area contributed by atoms with E-state index in [4.69, 9.17) is 9.05 Å². The smallest absolute Gasteiger partial charge is 0.0918 e. The largest absolute Gasteiger partial charge is 0.348 e. The van der Waals surface area contributed by atoms with Crippen LogP contribution in [0.2, 0.25) is 0 Å². The molecule has 4 nitrogen and oxygen atoms in total. The molecule has 2 atom stereocenters. The Hall–Kier alpha value is -2.42. The number of benzene rings is 4. The SMILES string of the molecule is c1ccc(P(OC[C@@H]2CCCN2CCN2CCC[C@H]2COP(c2ccccc2)c2ccccc2)c2ccccc2)cc1. The third-order valence-corrected chi connectivity index (χ3v) is 12.3. The number of rotatable bonds is 13. The Balaban J connectivity index is 1.04. The second-order valence-electron chi connectivity index (χ2n) is 11.2. The van der Waals surface area contributed by atoms with Crippen molar-refractivity contribution >= 4 is 37.5 Å². The predicted octanol–water partition coefficient (Wildman–Crippen LogP) is 6.04. The van der Waals surface area contributed by atoms with Gasteiger partial charge in [0.05, 0.1) is 29.5 Å². The van der Waals surface area contributed by atoms with Gasteiger partial charge in [0.15, 0.2) is 0 Å². The number of hydrogen-bond acceptors (Lipinski definition) is 4. The number of nitrogens with zero attached hydrogens (tertiary/aromatic N) is 2. The molecule has 2 aliphatic rings. The van der Waals surface area contributed by atoms with Crippen molar-refractivity contribution in [2.24, 2.45) is 0 Å². The van der Waals surface area contributed by atoms with Crippen LogP contribution in [0.5, 0.6) is 0 Å². The first-order chi connectivity index (χ1) is 20.8. The molecule has 0 amide bonds. The second kappa shape index (κ2) is 15.3. The van der Waals surface area contributed by atoms with E-state index in [9.17, 15) is 0 Å². The van der Waals surface area contributed by atoms with E-state index < -0.39 is 16.3 Å².